The lowest BCUT2D eigenvalue weighted by Gasteiger charge is -2.06. The Morgan fingerprint density at radius 2 is 1.84 bits per heavy atom. The van der Waals surface area contributed by atoms with Crippen LogP contribution in [0.1, 0.15) is 27.2 Å². The zero-order valence-electron chi connectivity index (χ0n) is 17.3. The predicted molar refractivity (Wildman–Crippen MR) is 125 cm³/mol. The smallest absolute Gasteiger partial charge is 0.337 e. The summed E-state index contributed by atoms with van der Waals surface area (Å²) < 4.78 is 6.65. The SMILES string of the molecule is COC(=O)c1ccc(NC(=O)Cc2csc3nc(-c4ccc(C)c(C)c4)cn23)cc1.Cl. The predicted octanol–water partition coefficient (Wildman–Crippen LogP) is 5.07. The van der Waals surface area contributed by atoms with Gasteiger partial charge >= 0.3 is 5.97 Å². The first-order valence-corrected chi connectivity index (χ1v) is 10.3. The molecule has 8 heteroatoms. The van der Waals surface area contributed by atoms with E-state index >= 15 is 0 Å². The molecule has 0 spiro atoms. The number of benzene rings is 2. The Morgan fingerprint density at radius 3 is 2.52 bits per heavy atom. The number of amides is 1. The van der Waals surface area contributed by atoms with Crippen LogP contribution in [0.25, 0.3) is 16.2 Å². The molecule has 2 aromatic heterocycles. The molecule has 0 aliphatic rings. The first-order valence-electron chi connectivity index (χ1n) is 9.46. The second-order valence-corrected chi connectivity index (χ2v) is 7.94. The molecule has 0 radical (unpaired) electrons. The number of aromatic nitrogens is 2. The number of nitrogens with zero attached hydrogens (tertiary/aromatic N) is 2. The Hall–Kier alpha value is -3.16. The number of carbonyl (C=O) groups excluding carboxylic acids is 2. The highest BCUT2D eigenvalue weighted by Gasteiger charge is 2.13. The topological polar surface area (TPSA) is 72.7 Å². The number of rotatable bonds is 5. The first-order chi connectivity index (χ1) is 14.4. The van der Waals surface area contributed by atoms with Gasteiger partial charge in [-0.3, -0.25) is 9.20 Å². The van der Waals surface area contributed by atoms with E-state index in [4.69, 9.17) is 4.98 Å². The third kappa shape index (κ3) is 4.78. The molecule has 2 aromatic carbocycles. The van der Waals surface area contributed by atoms with E-state index in [0.29, 0.717) is 11.3 Å². The maximum atomic E-state index is 12.5. The quantitative estimate of drug-likeness (QED) is 0.426. The second-order valence-electron chi connectivity index (χ2n) is 7.10. The highest BCUT2D eigenvalue weighted by atomic mass is 35.5. The van der Waals surface area contributed by atoms with Gasteiger partial charge in [0.05, 0.1) is 24.8 Å². The lowest BCUT2D eigenvalue weighted by atomic mass is 10.0. The highest BCUT2D eigenvalue weighted by Crippen LogP contribution is 2.25. The van der Waals surface area contributed by atoms with Gasteiger partial charge in [-0.1, -0.05) is 12.1 Å². The molecule has 0 aliphatic carbocycles. The monoisotopic (exact) mass is 455 g/mol. The van der Waals surface area contributed by atoms with E-state index in [1.807, 2.05) is 16.0 Å². The van der Waals surface area contributed by atoms with Crippen LogP contribution in [0.3, 0.4) is 0 Å². The minimum absolute atomic E-state index is 0. The van der Waals surface area contributed by atoms with Crippen molar-refractivity contribution < 1.29 is 14.3 Å². The van der Waals surface area contributed by atoms with E-state index in [1.165, 1.54) is 29.6 Å². The lowest BCUT2D eigenvalue weighted by Crippen LogP contribution is -2.15. The summed E-state index contributed by atoms with van der Waals surface area (Å²) in [5, 5.41) is 4.81. The Balaban J connectivity index is 0.00000272. The van der Waals surface area contributed by atoms with Gasteiger partial charge in [0, 0.05) is 28.5 Å². The van der Waals surface area contributed by atoms with E-state index in [0.717, 1.165) is 21.9 Å². The van der Waals surface area contributed by atoms with Crippen molar-refractivity contribution in [1.82, 2.24) is 9.38 Å². The zero-order valence-corrected chi connectivity index (χ0v) is 19.0. The van der Waals surface area contributed by atoms with Crippen LogP contribution >= 0.6 is 23.7 Å². The molecule has 6 nitrogen and oxygen atoms in total. The molecule has 4 rings (SSSR count). The van der Waals surface area contributed by atoms with Crippen LogP contribution in [0, 0.1) is 13.8 Å². The van der Waals surface area contributed by atoms with Crippen molar-refractivity contribution in [1.29, 1.82) is 0 Å². The van der Waals surface area contributed by atoms with Crippen LogP contribution in [0.5, 0.6) is 0 Å². The summed E-state index contributed by atoms with van der Waals surface area (Å²) in [6, 6.07) is 12.9. The van der Waals surface area contributed by atoms with Gasteiger partial charge in [-0.05, 0) is 55.3 Å². The van der Waals surface area contributed by atoms with Gasteiger partial charge < -0.3 is 10.1 Å². The number of thiazole rings is 1. The summed E-state index contributed by atoms with van der Waals surface area (Å²) >= 11 is 1.51. The maximum absolute atomic E-state index is 12.5. The van der Waals surface area contributed by atoms with Crippen LogP contribution in [0.4, 0.5) is 5.69 Å². The average Bonchev–Trinajstić information content (AvgIpc) is 3.32. The fourth-order valence-electron chi connectivity index (χ4n) is 3.17. The molecule has 31 heavy (non-hydrogen) atoms. The molecule has 0 saturated carbocycles. The number of ether oxygens (including phenoxy) is 1. The molecule has 0 fully saturated rings. The Kier molecular flexibility index (Phi) is 6.77. The summed E-state index contributed by atoms with van der Waals surface area (Å²) in [5.41, 5.74) is 6.37. The molecule has 1 N–H and O–H groups in total. The van der Waals surface area contributed by atoms with Crippen LogP contribution in [-0.4, -0.2) is 28.4 Å². The van der Waals surface area contributed by atoms with Gasteiger partial charge in [0.1, 0.15) is 0 Å². The zero-order chi connectivity index (χ0) is 21.3. The summed E-state index contributed by atoms with van der Waals surface area (Å²) in [6.07, 6.45) is 2.20. The van der Waals surface area contributed by atoms with E-state index in [9.17, 15) is 9.59 Å². The first kappa shape index (κ1) is 22.5. The number of carbonyl (C=O) groups is 2. The summed E-state index contributed by atoms with van der Waals surface area (Å²) in [6.45, 7) is 4.18. The normalized spacial score (nSPS) is 10.5. The van der Waals surface area contributed by atoms with E-state index in [-0.39, 0.29) is 24.7 Å². The standard InChI is InChI=1S/C23H21N3O3S.ClH/c1-14-4-5-17(10-15(14)2)20-12-26-19(13-30-23(26)25-20)11-21(27)24-18-8-6-16(7-9-18)22(28)29-3;/h4-10,12-13H,11H2,1-3H3,(H,24,27);1H. The van der Waals surface area contributed by atoms with Crippen molar-refractivity contribution in [2.45, 2.75) is 20.3 Å². The van der Waals surface area contributed by atoms with Crippen molar-refractivity contribution in [2.24, 2.45) is 0 Å². The minimum atomic E-state index is -0.409. The fraction of sp³-hybridized carbons (Fsp3) is 0.174. The number of halogens is 1. The molecule has 0 bridgehead atoms. The third-order valence-electron chi connectivity index (χ3n) is 5.02. The van der Waals surface area contributed by atoms with Crippen molar-refractivity contribution in [3.63, 3.8) is 0 Å². The van der Waals surface area contributed by atoms with Crippen molar-refractivity contribution >= 4 is 46.3 Å². The highest BCUT2D eigenvalue weighted by molar-refractivity contribution is 7.15. The molecule has 160 valence electrons. The van der Waals surface area contributed by atoms with Gasteiger partial charge in [-0.2, -0.15) is 0 Å². The largest absolute Gasteiger partial charge is 0.465 e. The van der Waals surface area contributed by atoms with Gasteiger partial charge in [0.15, 0.2) is 4.96 Å². The number of aryl methyl sites for hydroxylation is 2. The van der Waals surface area contributed by atoms with E-state index < -0.39 is 5.97 Å². The molecular weight excluding hydrogens is 434 g/mol. The van der Waals surface area contributed by atoms with Gasteiger partial charge in [0.2, 0.25) is 5.91 Å². The summed E-state index contributed by atoms with van der Waals surface area (Å²) in [7, 11) is 1.33. The molecular formula is C23H22ClN3O3S. The lowest BCUT2D eigenvalue weighted by molar-refractivity contribution is -0.115. The molecule has 0 atom stereocenters. The minimum Gasteiger partial charge on any atom is -0.465 e. The Bertz CT molecular complexity index is 1240. The van der Waals surface area contributed by atoms with Crippen LogP contribution in [-0.2, 0) is 16.0 Å². The Morgan fingerprint density at radius 1 is 1.10 bits per heavy atom. The molecule has 0 saturated heterocycles. The molecule has 0 unspecified atom stereocenters. The number of hydrogen-bond donors (Lipinski definition) is 1. The maximum Gasteiger partial charge on any atom is 0.337 e. The van der Waals surface area contributed by atoms with Gasteiger partial charge in [0.25, 0.3) is 0 Å². The molecule has 0 aliphatic heterocycles. The van der Waals surface area contributed by atoms with Crippen LogP contribution in [0.2, 0.25) is 0 Å². The fourth-order valence-corrected chi connectivity index (χ4v) is 4.05. The summed E-state index contributed by atoms with van der Waals surface area (Å²) in [5.74, 6) is -0.546. The Labute approximate surface area is 190 Å². The average molecular weight is 456 g/mol. The molecule has 4 aromatic rings. The number of nitrogens with one attached hydrogen (secondary N) is 1. The summed E-state index contributed by atoms with van der Waals surface area (Å²) in [4.78, 5) is 29.6. The molecule has 2 heterocycles. The van der Waals surface area contributed by atoms with E-state index in [2.05, 4.69) is 42.1 Å². The number of imidazole rings is 1. The number of anilines is 1. The van der Waals surface area contributed by atoms with Crippen molar-refractivity contribution in [3.8, 4) is 11.3 Å². The number of hydrogen-bond acceptors (Lipinski definition) is 5. The number of methoxy groups -OCH3 is 1. The number of fused-ring (bicyclic) bond motifs is 1. The van der Waals surface area contributed by atoms with Gasteiger partial charge in [-0.25, -0.2) is 9.78 Å². The third-order valence-corrected chi connectivity index (χ3v) is 5.91. The second kappa shape index (κ2) is 9.32. The van der Waals surface area contributed by atoms with Crippen molar-refractivity contribution in [3.05, 3.63) is 76.4 Å². The van der Waals surface area contributed by atoms with E-state index in [1.54, 1.807) is 24.3 Å². The van der Waals surface area contributed by atoms with Crippen molar-refractivity contribution in [2.75, 3.05) is 12.4 Å². The van der Waals surface area contributed by atoms with Crippen LogP contribution < -0.4 is 5.32 Å². The van der Waals surface area contributed by atoms with Crippen LogP contribution in [0.15, 0.2) is 54.0 Å². The number of esters is 1. The van der Waals surface area contributed by atoms with Gasteiger partial charge in [-0.15, -0.1) is 23.7 Å². The molecule has 1 amide bonds.